The predicted octanol–water partition coefficient (Wildman–Crippen LogP) is 5.07. The quantitative estimate of drug-likeness (QED) is 0.467. The number of likely N-dealkylation sites (tertiary alicyclic amines) is 1. The molecule has 2 N–H and O–H groups in total. The Morgan fingerprint density at radius 1 is 1.24 bits per heavy atom. The monoisotopic (exact) mass is 476 g/mol. The Morgan fingerprint density at radius 3 is 2.74 bits per heavy atom. The van der Waals surface area contributed by atoms with Gasteiger partial charge in [-0.1, -0.05) is 49.4 Å². The molecule has 0 spiro atoms. The lowest BCUT2D eigenvalue weighted by Gasteiger charge is -2.33. The van der Waals surface area contributed by atoms with Crippen molar-refractivity contribution < 1.29 is 0 Å². The summed E-state index contributed by atoms with van der Waals surface area (Å²) in [4.78, 5) is 20.9. The minimum atomic E-state index is -0.0381. The normalized spacial score (nSPS) is 17.1. The molecule has 0 bridgehead atoms. The average molecular weight is 477 g/mol. The lowest BCUT2D eigenvalue weighted by molar-refractivity contribution is 0.218. The number of nitrogens with zero attached hydrogens (tertiary/aromatic N) is 2. The van der Waals surface area contributed by atoms with Crippen LogP contribution in [-0.2, 0) is 6.54 Å². The highest BCUT2D eigenvalue weighted by atomic mass is 32.1. The van der Waals surface area contributed by atoms with Crippen LogP contribution in [0, 0.1) is 13.8 Å². The molecule has 1 aliphatic rings. The summed E-state index contributed by atoms with van der Waals surface area (Å²) in [7, 11) is 0. The van der Waals surface area contributed by atoms with Gasteiger partial charge in [-0.15, -0.1) is 0 Å². The molecule has 0 saturated carbocycles. The molecule has 0 unspecified atom stereocenters. The summed E-state index contributed by atoms with van der Waals surface area (Å²) in [5.74, 6) is 0. The van der Waals surface area contributed by atoms with Crippen LogP contribution in [0.4, 0.5) is 0 Å². The number of hydrogen-bond acceptors (Lipinski definition) is 3. The number of thiocarbonyl (C=S) groups is 1. The maximum atomic E-state index is 13.1. The number of aromatic amines is 1. The Balaban J connectivity index is 1.61. The SMILES string of the molecule is CCN1CCC[C@H]1CN(Cc1cc2ccc(C)c(C)c2[nH]c1=O)C(=S)N[C@@H](C)c1ccccc1. The number of benzene rings is 2. The van der Waals surface area contributed by atoms with Gasteiger partial charge in [-0.3, -0.25) is 9.69 Å². The van der Waals surface area contributed by atoms with E-state index in [9.17, 15) is 4.79 Å². The van der Waals surface area contributed by atoms with Gasteiger partial charge >= 0.3 is 0 Å². The lowest BCUT2D eigenvalue weighted by atomic mass is 10.0. The molecule has 1 saturated heterocycles. The van der Waals surface area contributed by atoms with Crippen LogP contribution in [0.3, 0.4) is 0 Å². The van der Waals surface area contributed by atoms with E-state index in [1.54, 1.807) is 0 Å². The fraction of sp³-hybridized carbons (Fsp3) is 0.429. The first kappa shape index (κ1) is 24.4. The molecule has 0 radical (unpaired) electrons. The van der Waals surface area contributed by atoms with Crippen LogP contribution >= 0.6 is 12.2 Å². The molecular formula is C28H36N4OS. The van der Waals surface area contributed by atoms with Crippen LogP contribution in [0.5, 0.6) is 0 Å². The van der Waals surface area contributed by atoms with Crippen LogP contribution in [0.25, 0.3) is 10.9 Å². The van der Waals surface area contributed by atoms with E-state index >= 15 is 0 Å². The first-order valence-corrected chi connectivity index (χ1v) is 12.7. The van der Waals surface area contributed by atoms with E-state index in [0.29, 0.717) is 17.7 Å². The Labute approximate surface area is 208 Å². The Hall–Kier alpha value is -2.70. The van der Waals surface area contributed by atoms with E-state index in [0.717, 1.165) is 48.1 Å². The van der Waals surface area contributed by atoms with E-state index in [4.69, 9.17) is 12.2 Å². The van der Waals surface area contributed by atoms with Crippen LogP contribution in [-0.4, -0.2) is 45.6 Å². The molecule has 1 aliphatic heterocycles. The fourth-order valence-electron chi connectivity index (χ4n) is 4.99. The lowest BCUT2D eigenvalue weighted by Crippen LogP contribution is -2.47. The van der Waals surface area contributed by atoms with Crippen molar-refractivity contribution in [3.8, 4) is 0 Å². The van der Waals surface area contributed by atoms with Crippen molar-refractivity contribution >= 4 is 28.2 Å². The number of likely N-dealkylation sites (N-methyl/N-ethyl adjacent to an activating group) is 1. The third kappa shape index (κ3) is 5.34. The molecule has 2 aromatic carbocycles. The predicted molar refractivity (Wildman–Crippen MR) is 145 cm³/mol. The van der Waals surface area contributed by atoms with Crippen molar-refractivity contribution in [3.63, 3.8) is 0 Å². The molecule has 4 rings (SSSR count). The zero-order chi connectivity index (χ0) is 24.2. The third-order valence-corrected chi connectivity index (χ3v) is 7.63. The topological polar surface area (TPSA) is 51.4 Å². The van der Waals surface area contributed by atoms with Crippen LogP contribution in [0.15, 0.2) is 53.3 Å². The molecular weight excluding hydrogens is 440 g/mol. The maximum absolute atomic E-state index is 13.1. The highest BCUT2D eigenvalue weighted by Crippen LogP contribution is 2.22. The number of hydrogen-bond donors (Lipinski definition) is 2. The van der Waals surface area contributed by atoms with Crippen LogP contribution in [0.2, 0.25) is 0 Å². The zero-order valence-electron chi connectivity index (χ0n) is 20.7. The van der Waals surface area contributed by atoms with Crippen LogP contribution < -0.4 is 10.9 Å². The first-order valence-electron chi connectivity index (χ1n) is 12.3. The molecule has 1 fully saturated rings. The maximum Gasteiger partial charge on any atom is 0.253 e. The molecule has 34 heavy (non-hydrogen) atoms. The first-order chi connectivity index (χ1) is 16.4. The van der Waals surface area contributed by atoms with Crippen molar-refractivity contribution in [2.75, 3.05) is 19.6 Å². The number of pyridine rings is 1. The Kier molecular flexibility index (Phi) is 7.69. The molecule has 3 aromatic rings. The molecule has 1 aromatic heterocycles. The van der Waals surface area contributed by atoms with E-state index in [-0.39, 0.29) is 11.6 Å². The number of aromatic nitrogens is 1. The molecule has 6 heteroatoms. The molecule has 2 heterocycles. The van der Waals surface area contributed by atoms with Crippen molar-refractivity contribution in [3.05, 3.63) is 81.1 Å². The van der Waals surface area contributed by atoms with Gasteiger partial charge in [0, 0.05) is 18.2 Å². The minimum absolute atomic E-state index is 0.0381. The van der Waals surface area contributed by atoms with Gasteiger partial charge in [-0.05, 0) is 87.1 Å². The number of H-pyrrole nitrogens is 1. The summed E-state index contributed by atoms with van der Waals surface area (Å²) in [6, 6.07) is 17.1. The Morgan fingerprint density at radius 2 is 2.00 bits per heavy atom. The summed E-state index contributed by atoms with van der Waals surface area (Å²) in [6.45, 7) is 11.9. The summed E-state index contributed by atoms with van der Waals surface area (Å²) in [5, 5.41) is 5.28. The molecule has 0 aliphatic carbocycles. The standard InChI is InChI=1S/C28H36N4OS/c1-5-31-15-9-12-25(31)18-32(28(34)29-21(4)22-10-7-6-8-11-22)17-24-16-23-14-13-19(2)20(3)26(23)30-27(24)33/h6-8,10-11,13-14,16,21,25H,5,9,12,15,17-18H2,1-4H3,(H,29,34)(H,30,33)/t21-,25-/m0/s1. The molecule has 2 atom stereocenters. The second-order valence-corrected chi connectivity index (χ2v) is 9.87. The van der Waals surface area contributed by atoms with E-state index in [2.05, 4.69) is 72.1 Å². The van der Waals surface area contributed by atoms with Gasteiger partial charge in [-0.25, -0.2) is 0 Å². The van der Waals surface area contributed by atoms with Gasteiger partial charge in [-0.2, -0.15) is 0 Å². The van der Waals surface area contributed by atoms with Gasteiger partial charge in [0.25, 0.3) is 5.56 Å². The van der Waals surface area contributed by atoms with Crippen molar-refractivity contribution in [1.29, 1.82) is 0 Å². The van der Waals surface area contributed by atoms with Crippen molar-refractivity contribution in [2.45, 2.75) is 59.2 Å². The molecule has 0 amide bonds. The third-order valence-electron chi connectivity index (χ3n) is 7.25. The number of fused-ring (bicyclic) bond motifs is 1. The van der Waals surface area contributed by atoms with E-state index in [1.807, 2.05) is 24.3 Å². The number of nitrogens with one attached hydrogen (secondary N) is 2. The summed E-state index contributed by atoms with van der Waals surface area (Å²) >= 11 is 5.92. The number of rotatable bonds is 7. The second kappa shape index (κ2) is 10.7. The minimum Gasteiger partial charge on any atom is -0.356 e. The van der Waals surface area contributed by atoms with Crippen molar-refractivity contribution in [2.24, 2.45) is 0 Å². The van der Waals surface area contributed by atoms with Crippen LogP contribution in [0.1, 0.15) is 55.0 Å². The van der Waals surface area contributed by atoms with Gasteiger partial charge in [0.05, 0.1) is 18.1 Å². The highest BCUT2D eigenvalue weighted by Gasteiger charge is 2.27. The molecule has 180 valence electrons. The molecule has 5 nitrogen and oxygen atoms in total. The van der Waals surface area contributed by atoms with Gasteiger partial charge in [0.1, 0.15) is 0 Å². The Bertz CT molecular complexity index is 1210. The average Bonchev–Trinajstić information content (AvgIpc) is 3.29. The summed E-state index contributed by atoms with van der Waals surface area (Å²) in [6.07, 6.45) is 2.37. The van der Waals surface area contributed by atoms with Gasteiger partial charge < -0.3 is 15.2 Å². The van der Waals surface area contributed by atoms with Gasteiger partial charge in [0.2, 0.25) is 0 Å². The van der Waals surface area contributed by atoms with Gasteiger partial charge in [0.15, 0.2) is 5.11 Å². The smallest absolute Gasteiger partial charge is 0.253 e. The zero-order valence-corrected chi connectivity index (χ0v) is 21.5. The summed E-state index contributed by atoms with van der Waals surface area (Å²) in [5.41, 5.74) is 5.12. The van der Waals surface area contributed by atoms with E-state index < -0.39 is 0 Å². The second-order valence-electron chi connectivity index (χ2n) is 9.48. The largest absolute Gasteiger partial charge is 0.356 e. The summed E-state index contributed by atoms with van der Waals surface area (Å²) < 4.78 is 0. The fourth-order valence-corrected chi connectivity index (χ4v) is 5.30. The highest BCUT2D eigenvalue weighted by molar-refractivity contribution is 7.80. The van der Waals surface area contributed by atoms with Crippen molar-refractivity contribution in [1.82, 2.24) is 20.1 Å². The van der Waals surface area contributed by atoms with E-state index in [1.165, 1.54) is 17.5 Å². The number of aryl methyl sites for hydroxylation is 2.